The van der Waals surface area contributed by atoms with Crippen LogP contribution in [-0.4, -0.2) is 13.9 Å². The fourth-order valence-electron chi connectivity index (χ4n) is 2.47. The second-order valence-corrected chi connectivity index (χ2v) is 6.02. The first kappa shape index (κ1) is 15.3. The summed E-state index contributed by atoms with van der Waals surface area (Å²) in [4.78, 5) is 0. The van der Waals surface area contributed by atoms with Gasteiger partial charge < -0.3 is 19.5 Å². The van der Waals surface area contributed by atoms with E-state index in [4.69, 9.17) is 14.2 Å². The van der Waals surface area contributed by atoms with Crippen LogP contribution in [0.2, 0.25) is 0 Å². The number of ether oxygens (including phenoxy) is 3. The van der Waals surface area contributed by atoms with Crippen molar-refractivity contribution < 1.29 is 14.2 Å². The van der Waals surface area contributed by atoms with Crippen LogP contribution in [0.3, 0.4) is 0 Å². The van der Waals surface area contributed by atoms with Gasteiger partial charge in [0, 0.05) is 20.2 Å². The van der Waals surface area contributed by atoms with Crippen LogP contribution in [0, 0.1) is 0 Å². The molecule has 0 atom stereocenters. The molecule has 4 nitrogen and oxygen atoms in total. The summed E-state index contributed by atoms with van der Waals surface area (Å²) < 4.78 is 16.9. The molecule has 2 aromatic rings. The Hall–Kier alpha value is -1.56. The van der Waals surface area contributed by atoms with E-state index in [9.17, 15) is 0 Å². The minimum atomic E-state index is 0.289. The van der Waals surface area contributed by atoms with Gasteiger partial charge in [-0.1, -0.05) is 24.3 Å². The minimum absolute atomic E-state index is 0.289. The summed E-state index contributed by atoms with van der Waals surface area (Å²) in [5.41, 5.74) is 3.59. The Morgan fingerprint density at radius 1 is 1.09 bits per heavy atom. The van der Waals surface area contributed by atoms with Gasteiger partial charge in [-0.15, -0.1) is 0 Å². The third kappa shape index (κ3) is 3.61. The molecule has 1 heterocycles. The summed E-state index contributed by atoms with van der Waals surface area (Å²) in [5, 5.41) is 3.45. The molecule has 1 N–H and O–H groups in total. The highest BCUT2D eigenvalue weighted by Gasteiger charge is 2.17. The average molecular weight is 364 g/mol. The van der Waals surface area contributed by atoms with Crippen molar-refractivity contribution in [3.63, 3.8) is 0 Å². The predicted octanol–water partition coefficient (Wildman–Crippen LogP) is 3.61. The largest absolute Gasteiger partial charge is 0.454 e. The van der Waals surface area contributed by atoms with Gasteiger partial charge in [0.15, 0.2) is 11.5 Å². The van der Waals surface area contributed by atoms with Gasteiger partial charge in [0.1, 0.15) is 0 Å². The summed E-state index contributed by atoms with van der Waals surface area (Å²) >= 11 is 3.52. The van der Waals surface area contributed by atoms with Crippen molar-refractivity contribution in [1.29, 1.82) is 0 Å². The molecule has 0 aliphatic carbocycles. The Labute approximate surface area is 138 Å². The maximum Gasteiger partial charge on any atom is 0.231 e. The highest BCUT2D eigenvalue weighted by Crippen LogP contribution is 2.39. The number of hydrogen-bond donors (Lipinski definition) is 1. The Kier molecular flexibility index (Phi) is 4.97. The van der Waals surface area contributed by atoms with E-state index < -0.39 is 0 Å². The maximum atomic E-state index is 5.43. The summed E-state index contributed by atoms with van der Waals surface area (Å²) in [5.74, 6) is 1.59. The second-order valence-electron chi connectivity index (χ2n) is 5.17. The molecule has 1 aliphatic heterocycles. The van der Waals surface area contributed by atoms with Gasteiger partial charge in [-0.25, -0.2) is 0 Å². The van der Waals surface area contributed by atoms with E-state index in [1.807, 2.05) is 6.07 Å². The molecule has 2 aromatic carbocycles. The number of halogens is 1. The zero-order valence-electron chi connectivity index (χ0n) is 12.4. The third-order valence-electron chi connectivity index (χ3n) is 3.45. The molecule has 3 rings (SSSR count). The van der Waals surface area contributed by atoms with Crippen LogP contribution < -0.4 is 14.8 Å². The van der Waals surface area contributed by atoms with E-state index >= 15 is 0 Å². The summed E-state index contributed by atoms with van der Waals surface area (Å²) in [6, 6.07) is 12.5. The predicted molar refractivity (Wildman–Crippen MR) is 88.0 cm³/mol. The standard InChI is InChI=1S/C17H18BrNO3/c1-20-10-13-4-2-3-12(5-13)8-19-9-14-6-15(18)17-16(7-14)21-11-22-17/h2-7,19H,8-11H2,1H3. The lowest BCUT2D eigenvalue weighted by atomic mass is 10.1. The fourth-order valence-corrected chi connectivity index (χ4v) is 3.07. The molecule has 0 saturated heterocycles. The van der Waals surface area contributed by atoms with E-state index in [1.54, 1.807) is 7.11 Å². The highest BCUT2D eigenvalue weighted by atomic mass is 79.9. The monoisotopic (exact) mass is 363 g/mol. The second kappa shape index (κ2) is 7.13. The van der Waals surface area contributed by atoms with E-state index in [-0.39, 0.29) is 6.79 Å². The minimum Gasteiger partial charge on any atom is -0.454 e. The lowest BCUT2D eigenvalue weighted by Crippen LogP contribution is -2.12. The zero-order valence-corrected chi connectivity index (χ0v) is 14.0. The highest BCUT2D eigenvalue weighted by molar-refractivity contribution is 9.10. The summed E-state index contributed by atoms with van der Waals surface area (Å²) in [6.07, 6.45) is 0. The van der Waals surface area contributed by atoms with Crippen LogP contribution in [0.1, 0.15) is 16.7 Å². The van der Waals surface area contributed by atoms with Gasteiger partial charge in [-0.05, 0) is 44.8 Å². The molecule has 5 heteroatoms. The lowest BCUT2D eigenvalue weighted by Gasteiger charge is -2.08. The molecule has 0 spiro atoms. The van der Waals surface area contributed by atoms with Crippen molar-refractivity contribution in [3.8, 4) is 11.5 Å². The topological polar surface area (TPSA) is 39.7 Å². The molecule has 0 radical (unpaired) electrons. The molecule has 116 valence electrons. The van der Waals surface area contributed by atoms with Crippen molar-refractivity contribution in [2.45, 2.75) is 19.7 Å². The maximum absolute atomic E-state index is 5.43. The molecule has 22 heavy (non-hydrogen) atoms. The lowest BCUT2D eigenvalue weighted by molar-refractivity contribution is 0.173. The van der Waals surface area contributed by atoms with Gasteiger partial charge in [0.25, 0.3) is 0 Å². The summed E-state index contributed by atoms with van der Waals surface area (Å²) in [6.45, 7) is 2.51. The Morgan fingerprint density at radius 3 is 2.77 bits per heavy atom. The van der Waals surface area contributed by atoms with E-state index in [2.05, 4.69) is 51.6 Å². The van der Waals surface area contributed by atoms with Crippen molar-refractivity contribution in [2.75, 3.05) is 13.9 Å². The molecule has 0 unspecified atom stereocenters. The zero-order chi connectivity index (χ0) is 15.4. The first-order valence-electron chi connectivity index (χ1n) is 7.12. The molecule has 0 fully saturated rings. The molecule has 0 aromatic heterocycles. The van der Waals surface area contributed by atoms with Crippen molar-refractivity contribution >= 4 is 15.9 Å². The number of nitrogens with one attached hydrogen (secondary N) is 1. The molecular formula is C17H18BrNO3. The summed E-state index contributed by atoms with van der Waals surface area (Å²) in [7, 11) is 1.71. The van der Waals surface area contributed by atoms with Gasteiger partial charge in [-0.3, -0.25) is 0 Å². The van der Waals surface area contributed by atoms with Gasteiger partial charge in [-0.2, -0.15) is 0 Å². The number of hydrogen-bond acceptors (Lipinski definition) is 4. The molecule has 0 bridgehead atoms. The van der Waals surface area contributed by atoms with Crippen LogP contribution in [0.4, 0.5) is 0 Å². The van der Waals surface area contributed by atoms with Crippen LogP contribution in [-0.2, 0) is 24.4 Å². The SMILES string of the molecule is COCc1cccc(CNCc2cc(Br)c3c(c2)OCO3)c1. The molecule has 1 aliphatic rings. The van der Waals surface area contributed by atoms with Gasteiger partial charge in [0.05, 0.1) is 11.1 Å². The van der Waals surface area contributed by atoms with E-state index in [1.165, 1.54) is 11.1 Å². The molecule has 0 amide bonds. The molecular weight excluding hydrogens is 346 g/mol. The smallest absolute Gasteiger partial charge is 0.231 e. The van der Waals surface area contributed by atoms with Gasteiger partial charge in [0.2, 0.25) is 6.79 Å². The Morgan fingerprint density at radius 2 is 1.91 bits per heavy atom. The van der Waals surface area contributed by atoms with Crippen LogP contribution in [0.15, 0.2) is 40.9 Å². The number of benzene rings is 2. The van der Waals surface area contributed by atoms with Crippen molar-refractivity contribution in [3.05, 3.63) is 57.6 Å². The number of rotatable bonds is 6. The van der Waals surface area contributed by atoms with E-state index in [0.717, 1.165) is 34.6 Å². The average Bonchev–Trinajstić information content (AvgIpc) is 2.97. The molecule has 0 saturated carbocycles. The quantitative estimate of drug-likeness (QED) is 0.850. The van der Waals surface area contributed by atoms with E-state index in [0.29, 0.717) is 6.61 Å². The number of methoxy groups -OCH3 is 1. The first-order chi connectivity index (χ1) is 10.8. The first-order valence-corrected chi connectivity index (χ1v) is 7.91. The van der Waals surface area contributed by atoms with Gasteiger partial charge >= 0.3 is 0 Å². The number of fused-ring (bicyclic) bond motifs is 1. The normalized spacial score (nSPS) is 12.6. The van der Waals surface area contributed by atoms with Crippen molar-refractivity contribution in [2.24, 2.45) is 0 Å². The Bertz CT molecular complexity index is 660. The van der Waals surface area contributed by atoms with Crippen molar-refractivity contribution in [1.82, 2.24) is 5.32 Å². The van der Waals surface area contributed by atoms with Crippen LogP contribution in [0.5, 0.6) is 11.5 Å². The van der Waals surface area contributed by atoms with Crippen LogP contribution >= 0.6 is 15.9 Å². The third-order valence-corrected chi connectivity index (χ3v) is 4.04. The van der Waals surface area contributed by atoms with Crippen LogP contribution in [0.25, 0.3) is 0 Å². The fraction of sp³-hybridized carbons (Fsp3) is 0.294. The Balaban J connectivity index is 1.59.